The number of nitriles is 1. The summed E-state index contributed by atoms with van der Waals surface area (Å²) in [7, 11) is 0. The van der Waals surface area contributed by atoms with E-state index in [0.717, 1.165) is 19.3 Å². The molecule has 1 aromatic rings. The number of fused-ring (bicyclic) bond motifs is 1. The Morgan fingerprint density at radius 3 is 2.79 bits per heavy atom. The molecule has 1 heterocycles. The van der Waals surface area contributed by atoms with E-state index in [-0.39, 0.29) is 23.8 Å². The standard InChI is InChI=1S/C18H21N3O3/c19-12-13-4-6-14(7-5-13)18(23)21-9-11-24-10-8-20-17(22)15-2-1-3-16(15)21/h4-7,15-16H,1-3,8-11H2,(H,20,22)/t15-,16+/m1/s1. The number of rotatable bonds is 1. The van der Waals surface area contributed by atoms with E-state index in [4.69, 9.17) is 10.00 Å². The maximum absolute atomic E-state index is 13.0. The van der Waals surface area contributed by atoms with E-state index in [9.17, 15) is 9.59 Å². The zero-order valence-corrected chi connectivity index (χ0v) is 13.5. The van der Waals surface area contributed by atoms with Gasteiger partial charge in [0.1, 0.15) is 0 Å². The van der Waals surface area contributed by atoms with Gasteiger partial charge in [0.05, 0.1) is 30.8 Å². The molecule has 2 amide bonds. The van der Waals surface area contributed by atoms with E-state index in [1.165, 1.54) is 0 Å². The Hall–Kier alpha value is -2.39. The quantitative estimate of drug-likeness (QED) is 0.843. The van der Waals surface area contributed by atoms with Gasteiger partial charge in [0.2, 0.25) is 5.91 Å². The van der Waals surface area contributed by atoms with Crippen molar-refractivity contribution in [2.45, 2.75) is 25.3 Å². The molecule has 1 aliphatic heterocycles. The summed E-state index contributed by atoms with van der Waals surface area (Å²) in [6.07, 6.45) is 2.59. The molecule has 0 spiro atoms. The zero-order valence-electron chi connectivity index (χ0n) is 13.5. The summed E-state index contributed by atoms with van der Waals surface area (Å²) in [4.78, 5) is 27.1. The van der Waals surface area contributed by atoms with Gasteiger partial charge in [0.25, 0.3) is 5.91 Å². The Balaban J connectivity index is 1.84. The first-order chi connectivity index (χ1) is 11.7. The Bertz CT molecular complexity index is 650. The second-order valence-corrected chi connectivity index (χ2v) is 6.20. The van der Waals surface area contributed by atoms with E-state index in [1.807, 2.05) is 0 Å². The van der Waals surface area contributed by atoms with Crippen molar-refractivity contribution < 1.29 is 14.3 Å². The molecule has 1 N–H and O–H groups in total. The van der Waals surface area contributed by atoms with E-state index in [0.29, 0.717) is 37.4 Å². The van der Waals surface area contributed by atoms with Gasteiger partial charge < -0.3 is 15.0 Å². The molecule has 2 aliphatic rings. The molecule has 6 heteroatoms. The number of nitrogens with one attached hydrogen (secondary N) is 1. The lowest BCUT2D eigenvalue weighted by atomic mass is 9.99. The van der Waals surface area contributed by atoms with Crippen molar-refractivity contribution in [1.82, 2.24) is 10.2 Å². The van der Waals surface area contributed by atoms with Crippen molar-refractivity contribution in [2.24, 2.45) is 5.92 Å². The molecule has 0 bridgehead atoms. The summed E-state index contributed by atoms with van der Waals surface area (Å²) in [6, 6.07) is 8.59. The molecule has 2 fully saturated rings. The second-order valence-electron chi connectivity index (χ2n) is 6.20. The van der Waals surface area contributed by atoms with Crippen LogP contribution in [-0.4, -0.2) is 49.1 Å². The third kappa shape index (κ3) is 3.41. The lowest BCUT2D eigenvalue weighted by molar-refractivity contribution is -0.126. The van der Waals surface area contributed by atoms with Crippen LogP contribution in [0.5, 0.6) is 0 Å². The average Bonchev–Trinajstić information content (AvgIpc) is 3.10. The Morgan fingerprint density at radius 2 is 2.04 bits per heavy atom. The van der Waals surface area contributed by atoms with Gasteiger partial charge in [0, 0.05) is 24.7 Å². The number of amides is 2. The summed E-state index contributed by atoms with van der Waals surface area (Å²) < 4.78 is 5.51. The predicted octanol–water partition coefficient (Wildman–Crippen LogP) is 1.32. The van der Waals surface area contributed by atoms with Gasteiger partial charge in [-0.25, -0.2) is 0 Å². The first-order valence-corrected chi connectivity index (χ1v) is 8.37. The summed E-state index contributed by atoms with van der Waals surface area (Å²) in [6.45, 7) is 1.92. The SMILES string of the molecule is N#Cc1ccc(C(=O)N2CCOCCNC(=O)[C@@H]3CCC[C@@H]32)cc1. The minimum atomic E-state index is -0.148. The van der Waals surface area contributed by atoms with Crippen LogP contribution in [0.4, 0.5) is 0 Å². The highest BCUT2D eigenvalue weighted by molar-refractivity contribution is 5.95. The minimum absolute atomic E-state index is 0.0145. The number of benzene rings is 1. The van der Waals surface area contributed by atoms with Crippen LogP contribution in [0.25, 0.3) is 0 Å². The Morgan fingerprint density at radius 1 is 1.25 bits per heavy atom. The number of carbonyl (C=O) groups is 2. The largest absolute Gasteiger partial charge is 0.378 e. The molecule has 6 nitrogen and oxygen atoms in total. The minimum Gasteiger partial charge on any atom is -0.378 e. The van der Waals surface area contributed by atoms with Gasteiger partial charge >= 0.3 is 0 Å². The fourth-order valence-electron chi connectivity index (χ4n) is 3.53. The summed E-state index contributed by atoms with van der Waals surface area (Å²) in [5.41, 5.74) is 1.06. The lowest BCUT2D eigenvalue weighted by Gasteiger charge is -2.33. The molecule has 2 atom stereocenters. The maximum atomic E-state index is 13.0. The molecule has 0 radical (unpaired) electrons. The summed E-state index contributed by atoms with van der Waals surface area (Å²) >= 11 is 0. The van der Waals surface area contributed by atoms with Crippen LogP contribution in [0.15, 0.2) is 24.3 Å². The molecule has 1 aliphatic carbocycles. The summed E-state index contributed by atoms with van der Waals surface area (Å²) in [5, 5.41) is 11.8. The number of ether oxygens (including phenoxy) is 1. The zero-order chi connectivity index (χ0) is 16.9. The molecular formula is C18H21N3O3. The fourth-order valence-corrected chi connectivity index (χ4v) is 3.53. The molecule has 3 rings (SSSR count). The van der Waals surface area contributed by atoms with Gasteiger partial charge in [-0.2, -0.15) is 5.26 Å². The van der Waals surface area contributed by atoms with Crippen molar-refractivity contribution in [3.05, 3.63) is 35.4 Å². The predicted molar refractivity (Wildman–Crippen MR) is 87.2 cm³/mol. The highest BCUT2D eigenvalue weighted by Gasteiger charge is 2.39. The van der Waals surface area contributed by atoms with Crippen LogP contribution in [0, 0.1) is 17.2 Å². The normalized spacial score (nSPS) is 24.6. The van der Waals surface area contributed by atoms with Crippen LogP contribution >= 0.6 is 0 Å². The smallest absolute Gasteiger partial charge is 0.254 e. The number of hydrogen-bond acceptors (Lipinski definition) is 4. The highest BCUT2D eigenvalue weighted by Crippen LogP contribution is 2.31. The van der Waals surface area contributed by atoms with Crippen LogP contribution in [0.3, 0.4) is 0 Å². The molecule has 0 aromatic heterocycles. The van der Waals surface area contributed by atoms with E-state index < -0.39 is 0 Å². The van der Waals surface area contributed by atoms with Crippen molar-refractivity contribution >= 4 is 11.8 Å². The number of hydrogen-bond donors (Lipinski definition) is 1. The molecule has 126 valence electrons. The van der Waals surface area contributed by atoms with Crippen LogP contribution in [0.2, 0.25) is 0 Å². The number of carbonyl (C=O) groups excluding carboxylic acids is 2. The van der Waals surface area contributed by atoms with Crippen LogP contribution in [-0.2, 0) is 9.53 Å². The van der Waals surface area contributed by atoms with Gasteiger partial charge in [-0.1, -0.05) is 6.42 Å². The number of nitrogens with zero attached hydrogens (tertiary/aromatic N) is 2. The van der Waals surface area contributed by atoms with Gasteiger partial charge in [0.15, 0.2) is 0 Å². The maximum Gasteiger partial charge on any atom is 0.254 e. The first kappa shape index (κ1) is 16.5. The first-order valence-electron chi connectivity index (χ1n) is 8.37. The van der Waals surface area contributed by atoms with Gasteiger partial charge in [-0.15, -0.1) is 0 Å². The molecule has 24 heavy (non-hydrogen) atoms. The highest BCUT2D eigenvalue weighted by atomic mass is 16.5. The molecule has 1 saturated heterocycles. The van der Waals surface area contributed by atoms with Crippen LogP contribution in [0.1, 0.15) is 35.2 Å². The third-order valence-corrected chi connectivity index (χ3v) is 4.76. The fraction of sp³-hybridized carbons (Fsp3) is 0.500. The third-order valence-electron chi connectivity index (χ3n) is 4.76. The Kier molecular flexibility index (Phi) is 5.11. The summed E-state index contributed by atoms with van der Waals surface area (Å²) in [5.74, 6) is -0.237. The topological polar surface area (TPSA) is 82.4 Å². The van der Waals surface area contributed by atoms with E-state index in [2.05, 4.69) is 11.4 Å². The van der Waals surface area contributed by atoms with Gasteiger partial charge in [-0.3, -0.25) is 9.59 Å². The molecule has 1 saturated carbocycles. The van der Waals surface area contributed by atoms with Crippen molar-refractivity contribution in [2.75, 3.05) is 26.3 Å². The van der Waals surface area contributed by atoms with Crippen molar-refractivity contribution in [3.63, 3.8) is 0 Å². The average molecular weight is 327 g/mol. The van der Waals surface area contributed by atoms with Gasteiger partial charge in [-0.05, 0) is 37.1 Å². The molecule has 0 unspecified atom stereocenters. The van der Waals surface area contributed by atoms with E-state index >= 15 is 0 Å². The monoisotopic (exact) mass is 327 g/mol. The van der Waals surface area contributed by atoms with Crippen LogP contribution < -0.4 is 5.32 Å². The molecular weight excluding hydrogens is 306 g/mol. The second kappa shape index (κ2) is 7.45. The van der Waals surface area contributed by atoms with E-state index in [1.54, 1.807) is 29.2 Å². The van der Waals surface area contributed by atoms with Crippen molar-refractivity contribution in [1.29, 1.82) is 5.26 Å². The molecule has 1 aromatic carbocycles. The Labute approximate surface area is 141 Å². The van der Waals surface area contributed by atoms with Crippen molar-refractivity contribution in [3.8, 4) is 6.07 Å². The lowest BCUT2D eigenvalue weighted by Crippen LogP contribution is -2.49.